The van der Waals surface area contributed by atoms with E-state index in [-0.39, 0.29) is 18.3 Å². The number of amides is 1. The number of halogens is 1. The highest BCUT2D eigenvalue weighted by Gasteiger charge is 2.27. The van der Waals surface area contributed by atoms with Crippen molar-refractivity contribution in [2.45, 2.75) is 45.2 Å². The number of carbonyl (C=O) groups is 1. The van der Waals surface area contributed by atoms with Crippen molar-refractivity contribution in [3.05, 3.63) is 18.5 Å². The molecule has 2 heterocycles. The molecule has 24 heavy (non-hydrogen) atoms. The zero-order valence-corrected chi connectivity index (χ0v) is 15.7. The predicted octanol–water partition coefficient (Wildman–Crippen LogP) is -1.12. The van der Waals surface area contributed by atoms with E-state index in [0.29, 0.717) is 12.6 Å². The maximum atomic E-state index is 12.6. The lowest BCUT2D eigenvalue weighted by molar-refractivity contribution is -0.684. The Balaban J connectivity index is 0.00000208. The number of nitrogens with one attached hydrogen (secondary N) is 1. The van der Waals surface area contributed by atoms with Gasteiger partial charge in [0, 0.05) is 39.3 Å². The highest BCUT2D eigenvalue weighted by Crippen LogP contribution is 2.27. The maximum absolute atomic E-state index is 12.6. The Kier molecular flexibility index (Phi) is 6.33. The molecule has 0 saturated heterocycles. The Morgan fingerprint density at radius 2 is 2.08 bits per heavy atom. The van der Waals surface area contributed by atoms with Crippen LogP contribution in [0.3, 0.4) is 0 Å². The van der Waals surface area contributed by atoms with Gasteiger partial charge in [-0.3, -0.25) is 4.79 Å². The van der Waals surface area contributed by atoms with Crippen LogP contribution in [0.4, 0.5) is 11.4 Å². The van der Waals surface area contributed by atoms with E-state index in [1.165, 1.54) is 18.5 Å². The zero-order valence-electron chi connectivity index (χ0n) is 15.0. The van der Waals surface area contributed by atoms with E-state index in [1.807, 2.05) is 22.7 Å². The summed E-state index contributed by atoms with van der Waals surface area (Å²) in [6.45, 7) is 4.69. The monoisotopic (exact) mass is 352 g/mol. The minimum Gasteiger partial charge on any atom is -1.00 e. The summed E-state index contributed by atoms with van der Waals surface area (Å²) in [6, 6.07) is 2.51. The zero-order chi connectivity index (χ0) is 16.4. The van der Waals surface area contributed by atoms with Gasteiger partial charge in [-0.05, 0) is 31.6 Å². The third-order valence-electron chi connectivity index (χ3n) is 5.41. The molecule has 1 aliphatic heterocycles. The largest absolute Gasteiger partial charge is 1.00 e. The first-order valence-corrected chi connectivity index (χ1v) is 8.78. The van der Waals surface area contributed by atoms with Crippen LogP contribution in [0.25, 0.3) is 0 Å². The van der Waals surface area contributed by atoms with Crippen LogP contribution in [0.5, 0.6) is 0 Å². The number of anilines is 2. The molecule has 1 aromatic heterocycles. The average Bonchev–Trinajstić information content (AvgIpc) is 2.55. The Bertz CT molecular complexity index is 572. The number of pyridine rings is 1. The van der Waals surface area contributed by atoms with Gasteiger partial charge in [0.25, 0.3) is 5.91 Å². The summed E-state index contributed by atoms with van der Waals surface area (Å²) in [5.41, 5.74) is 2.32. The topological polar surface area (TPSA) is 39.5 Å². The molecule has 1 amide bonds. The Hall–Kier alpha value is -1.49. The lowest BCUT2D eigenvalue weighted by Gasteiger charge is -2.33. The van der Waals surface area contributed by atoms with E-state index in [4.69, 9.17) is 0 Å². The van der Waals surface area contributed by atoms with Gasteiger partial charge in [-0.25, -0.2) is 0 Å². The van der Waals surface area contributed by atoms with Crippen molar-refractivity contribution < 1.29 is 21.8 Å². The minimum atomic E-state index is 0. The molecule has 6 heteroatoms. The van der Waals surface area contributed by atoms with Gasteiger partial charge in [0.15, 0.2) is 12.4 Å². The van der Waals surface area contributed by atoms with Crippen molar-refractivity contribution in [3.8, 4) is 0 Å². The first kappa shape index (κ1) is 18.8. The van der Waals surface area contributed by atoms with E-state index in [0.717, 1.165) is 37.5 Å². The van der Waals surface area contributed by atoms with Crippen LogP contribution >= 0.6 is 0 Å². The molecule has 1 aromatic rings. The predicted molar refractivity (Wildman–Crippen MR) is 92.6 cm³/mol. The summed E-state index contributed by atoms with van der Waals surface area (Å²) in [5.74, 6) is 1.02. The van der Waals surface area contributed by atoms with Crippen LogP contribution in [0.15, 0.2) is 18.5 Å². The lowest BCUT2D eigenvalue weighted by Crippen LogP contribution is -3.00. The average molecular weight is 353 g/mol. The van der Waals surface area contributed by atoms with Gasteiger partial charge < -0.3 is 27.5 Å². The molecule has 0 bridgehead atoms. The van der Waals surface area contributed by atoms with Crippen molar-refractivity contribution in [1.29, 1.82) is 0 Å². The summed E-state index contributed by atoms with van der Waals surface area (Å²) in [6.07, 6.45) is 8.83. The van der Waals surface area contributed by atoms with Gasteiger partial charge >= 0.3 is 0 Å². The van der Waals surface area contributed by atoms with E-state index < -0.39 is 0 Å². The molecule has 0 aromatic carbocycles. The Morgan fingerprint density at radius 3 is 2.79 bits per heavy atom. The summed E-state index contributed by atoms with van der Waals surface area (Å²) in [4.78, 5) is 16.8. The van der Waals surface area contributed by atoms with Crippen LogP contribution in [0.2, 0.25) is 0 Å². The molecule has 0 spiro atoms. The van der Waals surface area contributed by atoms with Crippen molar-refractivity contribution in [1.82, 2.24) is 4.90 Å². The third kappa shape index (κ3) is 4.12. The molecular weight excluding hydrogens is 324 g/mol. The van der Waals surface area contributed by atoms with Gasteiger partial charge in [-0.15, -0.1) is 0 Å². The van der Waals surface area contributed by atoms with Gasteiger partial charge in [0.05, 0.1) is 5.69 Å². The fraction of sp³-hybridized carbons (Fsp3) is 0.667. The smallest absolute Gasteiger partial charge is 0.288 e. The van der Waals surface area contributed by atoms with Crippen LogP contribution in [0.1, 0.15) is 32.6 Å². The second-order valence-corrected chi connectivity index (χ2v) is 7.18. The maximum Gasteiger partial charge on any atom is 0.288 e. The Labute approximate surface area is 151 Å². The number of rotatable bonds is 3. The second-order valence-electron chi connectivity index (χ2n) is 7.18. The molecule has 1 N–H and O–H groups in total. The summed E-state index contributed by atoms with van der Waals surface area (Å²) >= 11 is 0. The number of hydrogen-bond acceptors (Lipinski definition) is 3. The molecule has 0 radical (unpaired) electrons. The van der Waals surface area contributed by atoms with E-state index in [9.17, 15) is 4.79 Å². The summed E-state index contributed by atoms with van der Waals surface area (Å²) < 4.78 is 2.00. The highest BCUT2D eigenvalue weighted by atomic mass is 35.5. The highest BCUT2D eigenvalue weighted by molar-refractivity contribution is 5.75. The molecular formula is C18H29ClN4O. The van der Waals surface area contributed by atoms with E-state index in [2.05, 4.69) is 36.5 Å². The SMILES string of the molecule is CC1CCC(N(C)C(=O)C[n+]2ccc3c(c2)NCCN3C)CC1.[Cl-]. The first-order valence-electron chi connectivity index (χ1n) is 8.78. The molecule has 0 unspecified atom stereocenters. The third-order valence-corrected chi connectivity index (χ3v) is 5.41. The van der Waals surface area contributed by atoms with E-state index in [1.54, 1.807) is 0 Å². The minimum absolute atomic E-state index is 0. The van der Waals surface area contributed by atoms with Crippen molar-refractivity contribution in [2.75, 3.05) is 37.4 Å². The number of fused-ring (bicyclic) bond motifs is 1. The van der Waals surface area contributed by atoms with Crippen molar-refractivity contribution in [2.24, 2.45) is 5.92 Å². The summed E-state index contributed by atoms with van der Waals surface area (Å²) in [7, 11) is 4.07. The fourth-order valence-corrected chi connectivity index (χ4v) is 3.68. The molecule has 0 atom stereocenters. The standard InChI is InChI=1S/C18H29N4O.ClH/c1-14-4-6-15(7-5-14)21(3)18(23)13-22-10-8-17-16(12-22)19-9-11-20(17)2;/h8,10,12,14-15,19H,4-7,9,11,13H2,1-3H3;1H/q+1;/p-1. The van der Waals surface area contributed by atoms with Crippen LogP contribution in [-0.4, -0.2) is 44.0 Å². The fourth-order valence-electron chi connectivity index (χ4n) is 3.68. The van der Waals surface area contributed by atoms with Crippen molar-refractivity contribution in [3.63, 3.8) is 0 Å². The quantitative estimate of drug-likeness (QED) is 0.700. The van der Waals surface area contributed by atoms with Crippen LogP contribution in [0, 0.1) is 5.92 Å². The number of nitrogens with zero attached hydrogens (tertiary/aromatic N) is 3. The summed E-state index contributed by atoms with van der Waals surface area (Å²) in [5, 5.41) is 3.42. The normalized spacial score (nSPS) is 22.9. The Morgan fingerprint density at radius 1 is 1.38 bits per heavy atom. The molecule has 2 aliphatic rings. The van der Waals surface area contributed by atoms with Gasteiger partial charge in [-0.1, -0.05) is 6.92 Å². The number of aromatic nitrogens is 1. The first-order chi connectivity index (χ1) is 11.0. The second kappa shape index (κ2) is 8.06. The van der Waals surface area contributed by atoms with Gasteiger partial charge in [0.1, 0.15) is 5.69 Å². The number of carbonyl (C=O) groups excluding carboxylic acids is 1. The molecule has 5 nitrogen and oxygen atoms in total. The van der Waals surface area contributed by atoms with Crippen LogP contribution < -0.4 is 27.2 Å². The molecule has 3 rings (SSSR count). The molecule has 134 valence electrons. The molecule has 1 fully saturated rings. The van der Waals surface area contributed by atoms with Gasteiger partial charge in [-0.2, -0.15) is 4.57 Å². The number of likely N-dealkylation sites (N-methyl/N-ethyl adjacent to an activating group) is 2. The van der Waals surface area contributed by atoms with Crippen LogP contribution in [-0.2, 0) is 11.3 Å². The van der Waals surface area contributed by atoms with E-state index >= 15 is 0 Å². The van der Waals surface area contributed by atoms with Crippen molar-refractivity contribution >= 4 is 17.3 Å². The molecule has 1 saturated carbocycles. The van der Waals surface area contributed by atoms with Gasteiger partial charge in [0.2, 0.25) is 6.54 Å². The number of hydrogen-bond donors (Lipinski definition) is 1. The lowest BCUT2D eigenvalue weighted by atomic mass is 9.87. The molecule has 1 aliphatic carbocycles.